The van der Waals surface area contributed by atoms with Gasteiger partial charge in [-0.1, -0.05) is 18.2 Å². The van der Waals surface area contributed by atoms with Gasteiger partial charge in [0.25, 0.3) is 0 Å². The van der Waals surface area contributed by atoms with Gasteiger partial charge in [-0.2, -0.15) is 4.39 Å². The van der Waals surface area contributed by atoms with Crippen molar-refractivity contribution in [2.75, 3.05) is 5.32 Å². The number of nitrogens with zero attached hydrogens (tertiary/aromatic N) is 2. The number of aromatic nitrogens is 2. The van der Waals surface area contributed by atoms with Crippen LogP contribution in [0.15, 0.2) is 54.9 Å². The molecule has 88 valence electrons. The van der Waals surface area contributed by atoms with Gasteiger partial charge in [0, 0.05) is 23.5 Å². The number of nitrogens with one attached hydrogen (secondary N) is 1. The number of fused-ring (bicyclic) bond motifs is 1. The van der Waals surface area contributed by atoms with Crippen LogP contribution in [0.4, 0.5) is 15.9 Å². The van der Waals surface area contributed by atoms with E-state index in [0.29, 0.717) is 5.82 Å². The molecule has 0 aliphatic carbocycles. The average molecular weight is 239 g/mol. The van der Waals surface area contributed by atoms with E-state index in [1.807, 2.05) is 24.3 Å². The zero-order valence-electron chi connectivity index (χ0n) is 9.47. The van der Waals surface area contributed by atoms with Crippen molar-refractivity contribution in [3.05, 3.63) is 60.8 Å². The highest BCUT2D eigenvalue weighted by Crippen LogP contribution is 2.24. The highest BCUT2D eigenvalue weighted by Gasteiger charge is 2.02. The van der Waals surface area contributed by atoms with E-state index >= 15 is 0 Å². The standard InChI is InChI=1S/C14H10FN3/c15-13-5-2-6-14(18-13)17-12-4-1-3-10-7-8-16-9-11(10)12/h1-9H,(H,17,18). The van der Waals surface area contributed by atoms with Crippen LogP contribution >= 0.6 is 0 Å². The van der Waals surface area contributed by atoms with Crippen molar-refractivity contribution in [1.82, 2.24) is 9.97 Å². The van der Waals surface area contributed by atoms with Gasteiger partial charge >= 0.3 is 0 Å². The maximum Gasteiger partial charge on any atom is 0.214 e. The Morgan fingerprint density at radius 3 is 2.78 bits per heavy atom. The van der Waals surface area contributed by atoms with Gasteiger partial charge < -0.3 is 5.32 Å². The molecule has 0 aliphatic heterocycles. The van der Waals surface area contributed by atoms with Crippen molar-refractivity contribution in [1.29, 1.82) is 0 Å². The van der Waals surface area contributed by atoms with Crippen LogP contribution in [-0.4, -0.2) is 9.97 Å². The Hall–Kier alpha value is -2.49. The van der Waals surface area contributed by atoms with Crippen molar-refractivity contribution in [2.24, 2.45) is 0 Å². The summed E-state index contributed by atoms with van der Waals surface area (Å²) in [5.41, 5.74) is 0.860. The number of rotatable bonds is 2. The lowest BCUT2D eigenvalue weighted by Gasteiger charge is -2.08. The lowest BCUT2D eigenvalue weighted by atomic mass is 10.1. The fraction of sp³-hybridized carbons (Fsp3) is 0. The Labute approximate surface area is 103 Å². The van der Waals surface area contributed by atoms with Crippen LogP contribution in [0.25, 0.3) is 10.8 Å². The molecule has 0 radical (unpaired) electrons. The maximum atomic E-state index is 13.0. The minimum absolute atomic E-state index is 0.478. The summed E-state index contributed by atoms with van der Waals surface area (Å²) in [6.45, 7) is 0. The monoisotopic (exact) mass is 239 g/mol. The number of benzene rings is 1. The average Bonchev–Trinajstić information content (AvgIpc) is 2.39. The number of hydrogen-bond donors (Lipinski definition) is 1. The second kappa shape index (κ2) is 4.41. The highest BCUT2D eigenvalue weighted by molar-refractivity contribution is 5.94. The second-order valence-corrected chi connectivity index (χ2v) is 3.87. The molecule has 18 heavy (non-hydrogen) atoms. The molecule has 0 saturated heterocycles. The molecule has 0 saturated carbocycles. The van der Waals surface area contributed by atoms with E-state index in [9.17, 15) is 4.39 Å². The minimum Gasteiger partial charge on any atom is -0.340 e. The zero-order valence-corrected chi connectivity index (χ0v) is 9.47. The Morgan fingerprint density at radius 1 is 1.00 bits per heavy atom. The smallest absolute Gasteiger partial charge is 0.214 e. The van der Waals surface area contributed by atoms with Gasteiger partial charge in [-0.25, -0.2) is 4.98 Å². The molecule has 0 unspecified atom stereocenters. The molecule has 1 N–H and O–H groups in total. The van der Waals surface area contributed by atoms with Crippen LogP contribution in [-0.2, 0) is 0 Å². The summed E-state index contributed by atoms with van der Waals surface area (Å²) in [6, 6.07) is 12.4. The molecule has 3 aromatic rings. The number of anilines is 2. The summed E-state index contributed by atoms with van der Waals surface area (Å²) in [7, 11) is 0. The first kappa shape index (κ1) is 10.7. The van der Waals surface area contributed by atoms with Crippen molar-refractivity contribution in [3.8, 4) is 0 Å². The van der Waals surface area contributed by atoms with Crippen molar-refractivity contribution in [2.45, 2.75) is 0 Å². The van der Waals surface area contributed by atoms with Gasteiger partial charge in [-0.15, -0.1) is 0 Å². The first-order valence-corrected chi connectivity index (χ1v) is 5.55. The van der Waals surface area contributed by atoms with Crippen molar-refractivity contribution < 1.29 is 4.39 Å². The first-order chi connectivity index (χ1) is 8.83. The van der Waals surface area contributed by atoms with E-state index < -0.39 is 5.95 Å². The van der Waals surface area contributed by atoms with Crippen LogP contribution in [0.3, 0.4) is 0 Å². The summed E-state index contributed by atoms with van der Waals surface area (Å²) in [5.74, 6) is -0.0234. The fourth-order valence-corrected chi connectivity index (χ4v) is 1.84. The molecule has 0 fully saturated rings. The predicted molar refractivity (Wildman–Crippen MR) is 69.2 cm³/mol. The van der Waals surface area contributed by atoms with Crippen LogP contribution < -0.4 is 5.32 Å². The summed E-state index contributed by atoms with van der Waals surface area (Å²) in [5, 5.41) is 5.15. The highest BCUT2D eigenvalue weighted by atomic mass is 19.1. The van der Waals surface area contributed by atoms with E-state index in [0.717, 1.165) is 16.5 Å². The Kier molecular flexibility index (Phi) is 2.61. The quantitative estimate of drug-likeness (QED) is 0.695. The lowest BCUT2D eigenvalue weighted by molar-refractivity contribution is 0.585. The lowest BCUT2D eigenvalue weighted by Crippen LogP contribution is -1.95. The molecule has 3 nitrogen and oxygen atoms in total. The molecule has 0 amide bonds. The largest absolute Gasteiger partial charge is 0.340 e. The summed E-state index contributed by atoms with van der Waals surface area (Å²) in [4.78, 5) is 7.88. The molecular formula is C14H10FN3. The van der Waals surface area contributed by atoms with Crippen LogP contribution in [0.5, 0.6) is 0 Å². The van der Waals surface area contributed by atoms with E-state index in [2.05, 4.69) is 15.3 Å². The summed E-state index contributed by atoms with van der Waals surface area (Å²) in [6.07, 6.45) is 3.52. The molecule has 3 rings (SSSR count). The van der Waals surface area contributed by atoms with E-state index in [1.54, 1.807) is 24.5 Å². The topological polar surface area (TPSA) is 37.8 Å². The van der Waals surface area contributed by atoms with Gasteiger partial charge in [0.1, 0.15) is 5.82 Å². The second-order valence-electron chi connectivity index (χ2n) is 3.87. The Morgan fingerprint density at radius 2 is 1.89 bits per heavy atom. The fourth-order valence-electron chi connectivity index (χ4n) is 1.84. The van der Waals surface area contributed by atoms with E-state index in [4.69, 9.17) is 0 Å². The van der Waals surface area contributed by atoms with E-state index in [-0.39, 0.29) is 0 Å². The van der Waals surface area contributed by atoms with Gasteiger partial charge in [0.2, 0.25) is 5.95 Å². The molecule has 4 heteroatoms. The van der Waals surface area contributed by atoms with Gasteiger partial charge in [0.15, 0.2) is 0 Å². The molecule has 2 heterocycles. The van der Waals surface area contributed by atoms with Crippen LogP contribution in [0.1, 0.15) is 0 Å². The first-order valence-electron chi connectivity index (χ1n) is 5.55. The van der Waals surface area contributed by atoms with Gasteiger partial charge in [-0.05, 0) is 29.7 Å². The van der Waals surface area contributed by atoms with E-state index in [1.165, 1.54) is 6.07 Å². The number of hydrogen-bond acceptors (Lipinski definition) is 3. The zero-order chi connectivity index (χ0) is 12.4. The normalized spacial score (nSPS) is 10.5. The third-order valence-electron chi connectivity index (χ3n) is 2.66. The molecule has 0 atom stereocenters. The maximum absolute atomic E-state index is 13.0. The molecular weight excluding hydrogens is 229 g/mol. The molecule has 2 aromatic heterocycles. The minimum atomic E-state index is -0.502. The number of halogens is 1. The third kappa shape index (κ3) is 2.00. The Bertz CT molecular complexity index is 692. The van der Waals surface area contributed by atoms with Crippen LogP contribution in [0, 0.1) is 5.95 Å². The SMILES string of the molecule is Fc1cccc(Nc2cccc3ccncc23)n1. The van der Waals surface area contributed by atoms with Gasteiger partial charge in [0.05, 0.1) is 0 Å². The molecule has 1 aromatic carbocycles. The van der Waals surface area contributed by atoms with Gasteiger partial charge in [-0.3, -0.25) is 4.98 Å². The summed E-state index contributed by atoms with van der Waals surface area (Å²) < 4.78 is 13.0. The van der Waals surface area contributed by atoms with Crippen LogP contribution in [0.2, 0.25) is 0 Å². The number of pyridine rings is 2. The molecule has 0 bridgehead atoms. The van der Waals surface area contributed by atoms with Crippen molar-refractivity contribution >= 4 is 22.3 Å². The molecule has 0 aliphatic rings. The Balaban J connectivity index is 2.05. The predicted octanol–water partition coefficient (Wildman–Crippen LogP) is 3.51. The molecule has 0 spiro atoms. The summed E-state index contributed by atoms with van der Waals surface area (Å²) >= 11 is 0. The third-order valence-corrected chi connectivity index (χ3v) is 2.66. The van der Waals surface area contributed by atoms with Crippen molar-refractivity contribution in [3.63, 3.8) is 0 Å².